The summed E-state index contributed by atoms with van der Waals surface area (Å²) in [6.45, 7) is 5.94. The lowest BCUT2D eigenvalue weighted by atomic mass is 8.96. The van der Waals surface area contributed by atoms with Crippen molar-refractivity contribution in [2.24, 2.45) is 46.8 Å². The van der Waals surface area contributed by atoms with E-state index in [0.717, 1.165) is 41.4 Å². The van der Waals surface area contributed by atoms with E-state index < -0.39 is 0 Å². The summed E-state index contributed by atoms with van der Waals surface area (Å²) >= 11 is 0. The van der Waals surface area contributed by atoms with Gasteiger partial charge < -0.3 is 4.74 Å². The average molecular weight is 204 g/mol. The van der Waals surface area contributed by atoms with Gasteiger partial charge in [-0.1, -0.05) is 0 Å². The van der Waals surface area contributed by atoms with Crippen LogP contribution in [0, 0.1) is 46.8 Å². The topological polar surface area (TPSA) is 26.3 Å². The van der Waals surface area contributed by atoms with Gasteiger partial charge in [-0.2, -0.15) is 0 Å². The first kappa shape index (κ1) is 7.70. The maximum Gasteiger partial charge on any atom is 0.313 e. The first-order chi connectivity index (χ1) is 6.99. The van der Waals surface area contributed by atoms with Crippen molar-refractivity contribution < 1.29 is 9.53 Å². The van der Waals surface area contributed by atoms with Gasteiger partial charge in [0.05, 0.1) is 5.41 Å². The quantitative estimate of drug-likeness (QED) is 0.608. The van der Waals surface area contributed by atoms with Crippen molar-refractivity contribution in [3.63, 3.8) is 0 Å². The molecule has 0 aromatic rings. The molecule has 0 radical (unpaired) electrons. The Kier molecular flexibility index (Phi) is 0.808. The molecular weight excluding hydrogens is 188 g/mol. The third-order valence-electron chi connectivity index (χ3n) is 6.23. The minimum Gasteiger partial charge on any atom is -0.460 e. The van der Waals surface area contributed by atoms with E-state index in [1.807, 2.05) is 20.8 Å². The molecule has 2 nitrogen and oxygen atoms in total. The number of esters is 1. The van der Waals surface area contributed by atoms with Crippen LogP contribution in [0.4, 0.5) is 0 Å². The van der Waals surface area contributed by atoms with Crippen LogP contribution in [0.1, 0.15) is 20.8 Å². The molecule has 6 aliphatic carbocycles. The van der Waals surface area contributed by atoms with E-state index in [1.54, 1.807) is 0 Å². The zero-order valence-electron chi connectivity index (χ0n) is 9.36. The predicted octanol–water partition coefficient (Wildman–Crippen LogP) is 1.70. The standard InChI is InChI=1S/C13H16O2/c1-12(2,3)15-11(14)13-8-5-4-6(8)10(13)7(4)9(5)13/h4-10H,1-3H3. The van der Waals surface area contributed by atoms with Crippen LogP contribution >= 0.6 is 0 Å². The van der Waals surface area contributed by atoms with Crippen LogP contribution in [0.25, 0.3) is 0 Å². The second-order valence-electron chi connectivity index (χ2n) is 7.32. The Balaban J connectivity index is 1.47. The van der Waals surface area contributed by atoms with E-state index in [9.17, 15) is 4.79 Å². The van der Waals surface area contributed by atoms with Crippen molar-refractivity contribution >= 4 is 5.97 Å². The maximum atomic E-state index is 12.2. The second kappa shape index (κ2) is 1.57. The highest BCUT2D eigenvalue weighted by Crippen LogP contribution is 3.06. The molecule has 0 aromatic carbocycles. The molecule has 0 aromatic heterocycles. The fraction of sp³-hybridized carbons (Fsp3) is 0.923. The highest BCUT2D eigenvalue weighted by Gasteiger charge is 3.06. The molecule has 6 fully saturated rings. The number of ether oxygens (including phenoxy) is 1. The monoisotopic (exact) mass is 204 g/mol. The Morgan fingerprint density at radius 3 is 1.87 bits per heavy atom. The third kappa shape index (κ3) is 0.426. The van der Waals surface area contributed by atoms with Gasteiger partial charge in [-0.25, -0.2) is 0 Å². The third-order valence-corrected chi connectivity index (χ3v) is 6.23. The summed E-state index contributed by atoms with van der Waals surface area (Å²) in [5, 5.41) is 0. The summed E-state index contributed by atoms with van der Waals surface area (Å²) in [6, 6.07) is 0. The maximum absolute atomic E-state index is 12.2. The Morgan fingerprint density at radius 2 is 1.47 bits per heavy atom. The van der Waals surface area contributed by atoms with E-state index in [1.165, 1.54) is 0 Å². The molecular formula is C13H16O2. The molecule has 0 aliphatic heterocycles. The minimum atomic E-state index is -0.299. The van der Waals surface area contributed by atoms with Crippen LogP contribution in [0.2, 0.25) is 0 Å². The van der Waals surface area contributed by atoms with Crippen molar-refractivity contribution in [2.75, 3.05) is 0 Å². The zero-order valence-corrected chi connectivity index (χ0v) is 9.36. The van der Waals surface area contributed by atoms with Crippen LogP contribution in [-0.4, -0.2) is 11.6 Å². The van der Waals surface area contributed by atoms with E-state index >= 15 is 0 Å². The molecule has 0 spiro atoms. The van der Waals surface area contributed by atoms with E-state index in [0.29, 0.717) is 0 Å². The average Bonchev–Trinajstić information content (AvgIpc) is 2.15. The molecule has 80 valence electrons. The lowest BCUT2D eigenvalue weighted by Crippen LogP contribution is -3.06. The lowest BCUT2D eigenvalue weighted by Gasteiger charge is -3.06. The molecule has 0 atom stereocenters. The molecule has 6 rings (SSSR count). The largest absolute Gasteiger partial charge is 0.460 e. The van der Waals surface area contributed by atoms with Gasteiger partial charge in [-0.05, 0) is 62.2 Å². The Labute approximate surface area is 89.4 Å². The number of hydrogen-bond acceptors (Lipinski definition) is 2. The summed E-state index contributed by atoms with van der Waals surface area (Å²) in [4.78, 5) is 12.2. The minimum absolute atomic E-state index is 0.0715. The van der Waals surface area contributed by atoms with Crippen LogP contribution in [0.5, 0.6) is 0 Å². The number of rotatable bonds is 1. The van der Waals surface area contributed by atoms with Gasteiger partial charge in [0.15, 0.2) is 0 Å². The SMILES string of the molecule is CC(C)(C)OC(=O)C12C3C4C5C3C1C5C42. The van der Waals surface area contributed by atoms with E-state index in [4.69, 9.17) is 4.74 Å². The van der Waals surface area contributed by atoms with Crippen LogP contribution in [0.15, 0.2) is 0 Å². The van der Waals surface area contributed by atoms with Crippen molar-refractivity contribution in [3.05, 3.63) is 0 Å². The van der Waals surface area contributed by atoms with Crippen LogP contribution in [0.3, 0.4) is 0 Å². The molecule has 0 saturated heterocycles. The first-order valence-corrected chi connectivity index (χ1v) is 6.23. The molecule has 0 heterocycles. The van der Waals surface area contributed by atoms with Crippen molar-refractivity contribution in [1.29, 1.82) is 0 Å². The molecule has 6 aliphatic rings. The molecule has 0 N–H and O–H groups in total. The van der Waals surface area contributed by atoms with Crippen molar-refractivity contribution in [3.8, 4) is 0 Å². The number of carbonyl (C=O) groups is 1. The molecule has 2 heteroatoms. The highest BCUT2D eigenvalue weighted by atomic mass is 16.6. The summed E-state index contributed by atoms with van der Waals surface area (Å²) in [7, 11) is 0. The van der Waals surface area contributed by atoms with Crippen molar-refractivity contribution in [2.45, 2.75) is 26.4 Å². The fourth-order valence-corrected chi connectivity index (χ4v) is 6.21. The molecule has 6 saturated carbocycles. The fourth-order valence-electron chi connectivity index (χ4n) is 6.21. The molecule has 0 unspecified atom stereocenters. The smallest absolute Gasteiger partial charge is 0.313 e. The molecule has 0 amide bonds. The molecule has 0 bridgehead atoms. The van der Waals surface area contributed by atoms with Crippen LogP contribution < -0.4 is 0 Å². The van der Waals surface area contributed by atoms with Crippen LogP contribution in [-0.2, 0) is 9.53 Å². The normalized spacial score (nSPS) is 68.9. The number of carbonyl (C=O) groups excluding carboxylic acids is 1. The summed E-state index contributed by atoms with van der Waals surface area (Å²) in [5.41, 5.74) is -0.228. The summed E-state index contributed by atoms with van der Waals surface area (Å²) < 4.78 is 5.61. The van der Waals surface area contributed by atoms with E-state index in [-0.39, 0.29) is 17.0 Å². The van der Waals surface area contributed by atoms with Gasteiger partial charge in [0.25, 0.3) is 0 Å². The van der Waals surface area contributed by atoms with Crippen molar-refractivity contribution in [1.82, 2.24) is 0 Å². The van der Waals surface area contributed by atoms with Gasteiger partial charge in [0.2, 0.25) is 0 Å². The first-order valence-electron chi connectivity index (χ1n) is 6.23. The number of hydrogen-bond donors (Lipinski definition) is 0. The Morgan fingerprint density at radius 1 is 1.00 bits per heavy atom. The van der Waals surface area contributed by atoms with Gasteiger partial charge in [0, 0.05) is 0 Å². The molecule has 15 heavy (non-hydrogen) atoms. The summed E-state index contributed by atoms with van der Waals surface area (Å²) in [5.74, 6) is 6.46. The Hall–Kier alpha value is -0.530. The van der Waals surface area contributed by atoms with Gasteiger partial charge >= 0.3 is 5.97 Å². The second-order valence-corrected chi connectivity index (χ2v) is 7.32. The lowest BCUT2D eigenvalue weighted by molar-refractivity contribution is -0.599. The van der Waals surface area contributed by atoms with E-state index in [2.05, 4.69) is 0 Å². The Bertz CT molecular complexity index is 366. The van der Waals surface area contributed by atoms with Gasteiger partial charge in [-0.15, -0.1) is 0 Å². The predicted molar refractivity (Wildman–Crippen MR) is 52.7 cm³/mol. The van der Waals surface area contributed by atoms with Gasteiger partial charge in [-0.3, -0.25) is 4.79 Å². The highest BCUT2D eigenvalue weighted by molar-refractivity contribution is 5.87. The van der Waals surface area contributed by atoms with Gasteiger partial charge in [0.1, 0.15) is 5.60 Å². The zero-order chi connectivity index (χ0) is 10.3. The summed E-state index contributed by atoms with van der Waals surface area (Å²) in [6.07, 6.45) is 0.